The van der Waals surface area contributed by atoms with Crippen LogP contribution in [0.3, 0.4) is 0 Å². The van der Waals surface area contributed by atoms with Crippen LogP contribution in [0.2, 0.25) is 0 Å². The van der Waals surface area contributed by atoms with E-state index in [0.717, 1.165) is 40.9 Å². The summed E-state index contributed by atoms with van der Waals surface area (Å²) in [7, 11) is 1.65. The monoisotopic (exact) mass is 420 g/mol. The van der Waals surface area contributed by atoms with E-state index in [9.17, 15) is 4.79 Å². The molecule has 0 unspecified atom stereocenters. The van der Waals surface area contributed by atoms with Gasteiger partial charge in [0.25, 0.3) is 0 Å². The molecule has 1 aromatic heterocycles. The predicted molar refractivity (Wildman–Crippen MR) is 119 cm³/mol. The van der Waals surface area contributed by atoms with Gasteiger partial charge in [-0.1, -0.05) is 48.2 Å². The van der Waals surface area contributed by atoms with Gasteiger partial charge in [-0.3, -0.25) is 4.79 Å². The number of carbonyl (C=O) groups excluding carboxylic acids is 1. The van der Waals surface area contributed by atoms with Gasteiger partial charge >= 0.3 is 0 Å². The summed E-state index contributed by atoms with van der Waals surface area (Å²) in [4.78, 5) is 14.7. The maximum Gasteiger partial charge on any atom is 0.237 e. The maximum absolute atomic E-state index is 12.8. The number of carbonyl (C=O) groups is 1. The summed E-state index contributed by atoms with van der Waals surface area (Å²) in [6, 6.07) is 16.0. The third kappa shape index (κ3) is 4.26. The molecule has 1 aliphatic heterocycles. The van der Waals surface area contributed by atoms with Crippen LogP contribution in [0, 0.1) is 0 Å². The first kappa shape index (κ1) is 20.2. The maximum atomic E-state index is 12.8. The van der Waals surface area contributed by atoms with Gasteiger partial charge in [-0.25, -0.2) is 0 Å². The van der Waals surface area contributed by atoms with Crippen molar-refractivity contribution in [2.75, 3.05) is 24.3 Å². The van der Waals surface area contributed by atoms with Crippen LogP contribution in [0.25, 0.3) is 0 Å². The van der Waals surface area contributed by atoms with E-state index in [2.05, 4.69) is 22.8 Å². The van der Waals surface area contributed by atoms with Crippen molar-refractivity contribution in [2.24, 2.45) is 0 Å². The summed E-state index contributed by atoms with van der Waals surface area (Å²) in [6.07, 6.45) is 3.38. The minimum absolute atomic E-state index is 0.0924. The fourth-order valence-electron chi connectivity index (χ4n) is 3.60. The summed E-state index contributed by atoms with van der Waals surface area (Å²) in [5.74, 6) is 2.09. The SMILES string of the molecule is C=CCn1c(Cc2ccc(OC)cc2)nnc1SCC(=O)N1CCc2ccccc21. The van der Waals surface area contributed by atoms with Crippen molar-refractivity contribution in [2.45, 2.75) is 24.5 Å². The lowest BCUT2D eigenvalue weighted by molar-refractivity contribution is -0.116. The van der Waals surface area contributed by atoms with E-state index in [4.69, 9.17) is 4.74 Å². The van der Waals surface area contributed by atoms with Crippen molar-refractivity contribution in [3.05, 3.63) is 78.1 Å². The van der Waals surface area contributed by atoms with Gasteiger partial charge in [0.15, 0.2) is 5.16 Å². The third-order valence-corrected chi connectivity index (χ3v) is 6.09. The average molecular weight is 421 g/mol. The van der Waals surface area contributed by atoms with E-state index in [0.29, 0.717) is 18.7 Å². The highest BCUT2D eigenvalue weighted by atomic mass is 32.2. The van der Waals surface area contributed by atoms with Gasteiger partial charge in [-0.15, -0.1) is 16.8 Å². The van der Waals surface area contributed by atoms with E-state index in [1.807, 2.05) is 58.0 Å². The minimum Gasteiger partial charge on any atom is -0.497 e. The Morgan fingerprint density at radius 3 is 2.77 bits per heavy atom. The lowest BCUT2D eigenvalue weighted by Crippen LogP contribution is -2.30. The molecule has 7 heteroatoms. The van der Waals surface area contributed by atoms with Crippen molar-refractivity contribution in [1.82, 2.24) is 14.8 Å². The number of thioether (sulfide) groups is 1. The highest BCUT2D eigenvalue weighted by Crippen LogP contribution is 2.29. The number of nitrogens with zero attached hydrogens (tertiary/aromatic N) is 4. The fraction of sp³-hybridized carbons (Fsp3) is 0.261. The van der Waals surface area contributed by atoms with Crippen LogP contribution in [0.1, 0.15) is 17.0 Å². The molecule has 3 aromatic rings. The zero-order valence-electron chi connectivity index (χ0n) is 17.0. The highest BCUT2D eigenvalue weighted by molar-refractivity contribution is 7.99. The van der Waals surface area contributed by atoms with E-state index in [-0.39, 0.29) is 5.91 Å². The van der Waals surface area contributed by atoms with E-state index >= 15 is 0 Å². The number of amides is 1. The van der Waals surface area contributed by atoms with Gasteiger partial charge in [-0.2, -0.15) is 0 Å². The molecule has 6 nitrogen and oxygen atoms in total. The molecule has 0 spiro atoms. The lowest BCUT2D eigenvalue weighted by atomic mass is 10.1. The number of allylic oxidation sites excluding steroid dienone is 1. The number of benzene rings is 2. The molecule has 0 aliphatic carbocycles. The standard InChI is InChI=1S/C23H24N4O2S/c1-3-13-27-21(15-17-8-10-19(29-2)11-9-17)24-25-23(27)30-16-22(28)26-14-12-18-6-4-5-7-20(18)26/h3-11H,1,12-16H2,2H3. The average Bonchev–Trinajstić information content (AvgIpc) is 3.37. The molecule has 1 aliphatic rings. The van der Waals surface area contributed by atoms with E-state index < -0.39 is 0 Å². The number of methoxy groups -OCH3 is 1. The van der Waals surface area contributed by atoms with Crippen molar-refractivity contribution >= 4 is 23.4 Å². The normalized spacial score (nSPS) is 12.6. The molecule has 4 rings (SSSR count). The first-order valence-electron chi connectivity index (χ1n) is 9.86. The molecule has 0 fully saturated rings. The van der Waals surface area contributed by atoms with Crippen LogP contribution < -0.4 is 9.64 Å². The van der Waals surface area contributed by atoms with Gasteiger partial charge in [0.1, 0.15) is 11.6 Å². The van der Waals surface area contributed by atoms with Crippen molar-refractivity contribution < 1.29 is 9.53 Å². The van der Waals surface area contributed by atoms with E-state index in [1.165, 1.54) is 17.3 Å². The number of rotatable bonds is 8. The quantitative estimate of drug-likeness (QED) is 0.410. The second-order valence-corrected chi connectivity index (χ2v) is 7.98. The second-order valence-electron chi connectivity index (χ2n) is 7.04. The summed E-state index contributed by atoms with van der Waals surface area (Å²) >= 11 is 1.42. The van der Waals surface area contributed by atoms with Crippen LogP contribution in [-0.4, -0.2) is 40.1 Å². The minimum atomic E-state index is 0.0924. The van der Waals surface area contributed by atoms with Crippen LogP contribution in [0.4, 0.5) is 5.69 Å². The topological polar surface area (TPSA) is 60.2 Å². The molecule has 0 saturated carbocycles. The Morgan fingerprint density at radius 2 is 2.00 bits per heavy atom. The number of aromatic nitrogens is 3. The molecule has 154 valence electrons. The zero-order valence-corrected chi connectivity index (χ0v) is 17.8. The molecule has 0 bridgehead atoms. The van der Waals surface area contributed by atoms with Crippen molar-refractivity contribution in [3.8, 4) is 5.75 Å². The number of ether oxygens (including phenoxy) is 1. The van der Waals surface area contributed by atoms with Crippen LogP contribution in [-0.2, 0) is 24.2 Å². The molecule has 2 aromatic carbocycles. The van der Waals surface area contributed by atoms with E-state index in [1.54, 1.807) is 7.11 Å². The summed E-state index contributed by atoms with van der Waals surface area (Å²) in [5, 5.41) is 9.45. The van der Waals surface area contributed by atoms with Crippen LogP contribution in [0.5, 0.6) is 5.75 Å². The summed E-state index contributed by atoms with van der Waals surface area (Å²) < 4.78 is 7.24. The molecule has 0 radical (unpaired) electrons. The van der Waals surface area contributed by atoms with Crippen LogP contribution in [0.15, 0.2) is 66.3 Å². The molecule has 0 atom stereocenters. The molecular formula is C23H24N4O2S. The first-order chi connectivity index (χ1) is 14.7. The van der Waals surface area contributed by atoms with Gasteiger partial charge in [0.2, 0.25) is 5.91 Å². The molecule has 1 amide bonds. The molecular weight excluding hydrogens is 396 g/mol. The smallest absolute Gasteiger partial charge is 0.237 e. The molecule has 30 heavy (non-hydrogen) atoms. The molecule has 0 saturated heterocycles. The largest absolute Gasteiger partial charge is 0.497 e. The number of fused-ring (bicyclic) bond motifs is 1. The van der Waals surface area contributed by atoms with Gasteiger partial charge in [0, 0.05) is 25.2 Å². The van der Waals surface area contributed by atoms with Gasteiger partial charge in [-0.05, 0) is 35.7 Å². The fourth-order valence-corrected chi connectivity index (χ4v) is 4.44. The highest BCUT2D eigenvalue weighted by Gasteiger charge is 2.24. The summed E-state index contributed by atoms with van der Waals surface area (Å²) in [6.45, 7) is 5.19. The molecule has 2 heterocycles. The predicted octanol–water partition coefficient (Wildman–Crippen LogP) is 3.74. The summed E-state index contributed by atoms with van der Waals surface area (Å²) in [5.41, 5.74) is 3.37. The van der Waals surface area contributed by atoms with Crippen LogP contribution >= 0.6 is 11.8 Å². The van der Waals surface area contributed by atoms with Crippen molar-refractivity contribution in [3.63, 3.8) is 0 Å². The Labute approximate surface area is 180 Å². The van der Waals surface area contributed by atoms with Gasteiger partial charge < -0.3 is 14.2 Å². The Balaban J connectivity index is 1.45. The lowest BCUT2D eigenvalue weighted by Gasteiger charge is -2.17. The number of anilines is 1. The third-order valence-electron chi connectivity index (χ3n) is 5.14. The number of para-hydroxylation sites is 1. The van der Waals surface area contributed by atoms with Crippen molar-refractivity contribution in [1.29, 1.82) is 0 Å². The first-order valence-corrected chi connectivity index (χ1v) is 10.8. The number of hydrogen-bond acceptors (Lipinski definition) is 5. The second kappa shape index (κ2) is 9.17. The van der Waals surface area contributed by atoms with Gasteiger partial charge in [0.05, 0.1) is 12.9 Å². The Morgan fingerprint density at radius 1 is 1.20 bits per heavy atom. The zero-order chi connectivity index (χ0) is 20.9. The Bertz CT molecular complexity index is 1050. The Hall–Kier alpha value is -3.06. The number of hydrogen-bond donors (Lipinski definition) is 0. The Kier molecular flexibility index (Phi) is 6.18. The molecule has 0 N–H and O–H groups in total.